The Hall–Kier alpha value is -3.45. The third-order valence-corrected chi connectivity index (χ3v) is 5.00. The highest BCUT2D eigenvalue weighted by molar-refractivity contribution is 5.79. The number of rotatable bonds is 5. The van der Waals surface area contributed by atoms with Gasteiger partial charge in [0.05, 0.1) is 13.2 Å². The largest absolute Gasteiger partial charge is 0.378 e. The lowest BCUT2D eigenvalue weighted by Crippen LogP contribution is -2.44. The van der Waals surface area contributed by atoms with Crippen LogP contribution in [0.5, 0.6) is 0 Å². The van der Waals surface area contributed by atoms with Crippen LogP contribution < -0.4 is 5.73 Å². The monoisotopic (exact) mass is 406 g/mol. The highest BCUT2D eigenvalue weighted by atomic mass is 19.1. The molecule has 2 N–H and O–H groups in total. The van der Waals surface area contributed by atoms with Crippen molar-refractivity contribution >= 4 is 11.5 Å². The smallest absolute Gasteiger partial charge is 0.191 e. The van der Waals surface area contributed by atoms with Crippen molar-refractivity contribution in [1.29, 1.82) is 0 Å². The van der Waals surface area contributed by atoms with Crippen molar-refractivity contribution in [3.8, 4) is 11.1 Å². The molecule has 0 aliphatic carbocycles. The number of nitrogens with zero attached hydrogens (tertiary/aromatic N) is 3. The normalized spacial score (nSPS) is 14.7. The molecule has 1 saturated heterocycles. The van der Waals surface area contributed by atoms with Crippen LogP contribution in [0.15, 0.2) is 70.7 Å². The lowest BCUT2D eigenvalue weighted by Gasteiger charge is -2.27. The van der Waals surface area contributed by atoms with E-state index in [0.29, 0.717) is 47.3 Å². The van der Waals surface area contributed by atoms with Gasteiger partial charge < -0.3 is 19.9 Å². The first-order valence-electron chi connectivity index (χ1n) is 9.74. The zero-order chi connectivity index (χ0) is 20.9. The Morgan fingerprint density at radius 3 is 2.63 bits per heavy atom. The molecule has 1 aliphatic heterocycles. The summed E-state index contributed by atoms with van der Waals surface area (Å²) in [4.78, 5) is 6.33. The van der Waals surface area contributed by atoms with Gasteiger partial charge in [-0.2, -0.15) is 0 Å². The number of hydrogen-bond acceptors (Lipinski definition) is 4. The van der Waals surface area contributed by atoms with Gasteiger partial charge in [-0.15, -0.1) is 0 Å². The molecule has 0 bridgehead atoms. The first kappa shape index (κ1) is 19.8. The van der Waals surface area contributed by atoms with Gasteiger partial charge in [-0.3, -0.25) is 0 Å². The molecule has 0 radical (unpaired) electrons. The first-order valence-corrected chi connectivity index (χ1v) is 9.74. The minimum absolute atomic E-state index is 0.269. The van der Waals surface area contributed by atoms with Crippen LogP contribution in [0.3, 0.4) is 0 Å². The number of ether oxygens (including phenoxy) is 1. The summed E-state index contributed by atoms with van der Waals surface area (Å²) in [5, 5.41) is 4.05. The minimum atomic E-state index is -0.313. The van der Waals surface area contributed by atoms with Crippen molar-refractivity contribution in [2.75, 3.05) is 26.3 Å². The van der Waals surface area contributed by atoms with E-state index in [0.717, 1.165) is 18.7 Å². The second-order valence-corrected chi connectivity index (χ2v) is 6.99. The van der Waals surface area contributed by atoms with Gasteiger partial charge in [-0.1, -0.05) is 54.2 Å². The maximum atomic E-state index is 14.7. The van der Waals surface area contributed by atoms with Crippen LogP contribution in [0, 0.1) is 5.82 Å². The van der Waals surface area contributed by atoms with Crippen molar-refractivity contribution in [2.45, 2.75) is 6.54 Å². The number of aromatic nitrogens is 1. The van der Waals surface area contributed by atoms with Crippen LogP contribution in [0.2, 0.25) is 0 Å². The molecule has 0 atom stereocenters. The van der Waals surface area contributed by atoms with Crippen LogP contribution in [-0.2, 0) is 11.3 Å². The summed E-state index contributed by atoms with van der Waals surface area (Å²) in [5.74, 6) is 0.698. The number of morpholine rings is 1. The van der Waals surface area contributed by atoms with Crippen LogP contribution in [0.1, 0.15) is 17.0 Å². The van der Waals surface area contributed by atoms with Gasteiger partial charge in [0.1, 0.15) is 18.1 Å². The number of halogens is 1. The Kier molecular flexibility index (Phi) is 5.90. The summed E-state index contributed by atoms with van der Waals surface area (Å²) >= 11 is 0. The van der Waals surface area contributed by atoms with E-state index in [1.165, 1.54) is 6.07 Å². The number of aliphatic imine (C=N–C) groups is 1. The molecule has 3 aromatic rings. The Morgan fingerprint density at radius 1 is 1.13 bits per heavy atom. The number of hydrogen-bond donors (Lipinski definition) is 1. The molecule has 2 heterocycles. The second kappa shape index (κ2) is 8.92. The van der Waals surface area contributed by atoms with E-state index in [-0.39, 0.29) is 12.4 Å². The summed E-state index contributed by atoms with van der Waals surface area (Å²) in [7, 11) is 0. The van der Waals surface area contributed by atoms with Crippen LogP contribution >= 0.6 is 0 Å². The molecular weight excluding hydrogens is 383 g/mol. The maximum Gasteiger partial charge on any atom is 0.191 e. The van der Waals surface area contributed by atoms with E-state index in [9.17, 15) is 4.39 Å². The quantitative estimate of drug-likeness (QED) is 0.517. The molecule has 0 spiro atoms. The van der Waals surface area contributed by atoms with E-state index >= 15 is 0 Å². The van der Waals surface area contributed by atoms with Gasteiger partial charge in [0.2, 0.25) is 0 Å². The summed E-state index contributed by atoms with van der Waals surface area (Å²) in [5.41, 5.74) is 9.16. The Labute approximate surface area is 174 Å². The molecule has 0 amide bonds. The number of guanidine groups is 1. The van der Waals surface area contributed by atoms with E-state index in [1.54, 1.807) is 12.1 Å². The summed E-state index contributed by atoms with van der Waals surface area (Å²) < 4.78 is 25.3. The van der Waals surface area contributed by atoms with E-state index in [1.807, 2.05) is 41.3 Å². The molecule has 0 saturated carbocycles. The van der Waals surface area contributed by atoms with Gasteiger partial charge in [0.25, 0.3) is 0 Å². The SMILES string of the molecule is C=C(c1ccc(-c2ccccc2)c(F)c1)c1cc(C/N=C(\N)N2CCOCC2)on1. The Balaban J connectivity index is 1.45. The predicted octanol–water partition coefficient (Wildman–Crippen LogP) is 3.69. The van der Waals surface area contributed by atoms with Crippen molar-refractivity contribution in [2.24, 2.45) is 10.7 Å². The molecule has 0 unspecified atom stereocenters. The molecule has 4 rings (SSSR count). The highest BCUT2D eigenvalue weighted by Gasteiger charge is 2.14. The Bertz CT molecular complexity index is 1060. The van der Waals surface area contributed by atoms with Gasteiger partial charge in [0, 0.05) is 30.3 Å². The molecule has 1 aliphatic rings. The molecule has 2 aromatic carbocycles. The molecule has 6 nitrogen and oxygen atoms in total. The topological polar surface area (TPSA) is 76.9 Å². The molecule has 1 fully saturated rings. The van der Waals surface area contributed by atoms with Gasteiger partial charge in [-0.05, 0) is 17.2 Å². The number of benzene rings is 2. The summed E-state index contributed by atoms with van der Waals surface area (Å²) in [6, 6.07) is 16.2. The fraction of sp³-hybridized carbons (Fsp3) is 0.217. The van der Waals surface area contributed by atoms with Crippen molar-refractivity contribution in [3.63, 3.8) is 0 Å². The zero-order valence-electron chi connectivity index (χ0n) is 16.6. The van der Waals surface area contributed by atoms with Crippen LogP contribution in [0.25, 0.3) is 16.7 Å². The molecule has 154 valence electrons. The van der Waals surface area contributed by atoms with Crippen molar-refractivity contribution in [1.82, 2.24) is 10.1 Å². The van der Waals surface area contributed by atoms with Crippen molar-refractivity contribution < 1.29 is 13.7 Å². The molecule has 7 heteroatoms. The maximum absolute atomic E-state index is 14.7. The van der Waals surface area contributed by atoms with Gasteiger partial charge in [-0.25, -0.2) is 9.38 Å². The lowest BCUT2D eigenvalue weighted by atomic mass is 9.99. The van der Waals surface area contributed by atoms with E-state index < -0.39 is 0 Å². The first-order chi connectivity index (χ1) is 14.6. The average Bonchev–Trinajstić information content (AvgIpc) is 3.27. The fourth-order valence-corrected chi connectivity index (χ4v) is 3.28. The van der Waals surface area contributed by atoms with Gasteiger partial charge >= 0.3 is 0 Å². The summed E-state index contributed by atoms with van der Waals surface area (Å²) in [6.45, 7) is 7.04. The van der Waals surface area contributed by atoms with Gasteiger partial charge in [0.15, 0.2) is 11.7 Å². The third kappa shape index (κ3) is 4.41. The van der Waals surface area contributed by atoms with Crippen LogP contribution in [0.4, 0.5) is 4.39 Å². The Morgan fingerprint density at radius 2 is 1.90 bits per heavy atom. The van der Waals surface area contributed by atoms with E-state index in [4.69, 9.17) is 15.0 Å². The molecular formula is C23H23FN4O2. The second-order valence-electron chi connectivity index (χ2n) is 6.99. The average molecular weight is 406 g/mol. The van der Waals surface area contributed by atoms with Crippen molar-refractivity contribution in [3.05, 3.63) is 84.0 Å². The predicted molar refractivity (Wildman–Crippen MR) is 114 cm³/mol. The highest BCUT2D eigenvalue weighted by Crippen LogP contribution is 2.28. The zero-order valence-corrected chi connectivity index (χ0v) is 16.6. The minimum Gasteiger partial charge on any atom is -0.378 e. The van der Waals surface area contributed by atoms with E-state index in [2.05, 4.69) is 16.7 Å². The number of nitrogens with two attached hydrogens (primary N) is 1. The fourth-order valence-electron chi connectivity index (χ4n) is 3.28. The lowest BCUT2D eigenvalue weighted by molar-refractivity contribution is 0.0674. The standard InChI is InChI=1S/C23H23FN4O2/c1-16(18-7-8-20(21(24)13-18)17-5-3-2-4-6-17)22-14-19(30-27-22)15-26-23(25)28-9-11-29-12-10-28/h2-8,13-14H,1,9-12,15H2,(H2,25,26). The van der Waals surface area contributed by atoms with Crippen LogP contribution in [-0.4, -0.2) is 42.3 Å². The summed E-state index contributed by atoms with van der Waals surface area (Å²) in [6.07, 6.45) is 0. The third-order valence-electron chi connectivity index (χ3n) is 5.00. The molecule has 30 heavy (non-hydrogen) atoms. The molecule has 1 aromatic heterocycles.